The summed E-state index contributed by atoms with van der Waals surface area (Å²) in [6.45, 7) is 0.313. The van der Waals surface area contributed by atoms with Gasteiger partial charge >= 0.3 is 0 Å². The summed E-state index contributed by atoms with van der Waals surface area (Å²) in [5.41, 5.74) is 0.556. The molecule has 1 rings (SSSR count). The number of hydrogen-bond donors (Lipinski definition) is 0. The van der Waals surface area contributed by atoms with Gasteiger partial charge in [0.25, 0.3) is 5.91 Å². The Bertz CT molecular complexity index is 348. The predicted molar refractivity (Wildman–Crippen MR) is 49.0 cm³/mol. The molecule has 0 N–H and O–H groups in total. The van der Waals surface area contributed by atoms with Gasteiger partial charge in [0.2, 0.25) is 0 Å². The number of hydrogen-bond acceptors (Lipinski definition) is 2. The van der Waals surface area contributed by atoms with Crippen LogP contribution in [0.3, 0.4) is 0 Å². The van der Waals surface area contributed by atoms with Gasteiger partial charge in [0, 0.05) is 20.3 Å². The van der Waals surface area contributed by atoms with Gasteiger partial charge in [-0.3, -0.25) is 9.48 Å². The Morgan fingerprint density at radius 2 is 2.54 bits per heavy atom. The summed E-state index contributed by atoms with van der Waals surface area (Å²) >= 11 is 0. The molecule has 1 aromatic heterocycles. The topological polar surface area (TPSA) is 38.1 Å². The van der Waals surface area contributed by atoms with E-state index < -0.39 is 0 Å². The summed E-state index contributed by atoms with van der Waals surface area (Å²) in [6, 6.07) is 0. The van der Waals surface area contributed by atoms with E-state index in [-0.39, 0.29) is 5.91 Å². The number of carbonyl (C=O) groups is 1. The lowest BCUT2D eigenvalue weighted by molar-refractivity contribution is 0.0812. The molecular formula is C9H11N3O. The molecule has 0 bridgehead atoms. The molecule has 0 aliphatic carbocycles. The second-order valence-corrected chi connectivity index (χ2v) is 2.77. The summed E-state index contributed by atoms with van der Waals surface area (Å²) < 4.78 is 1.58. The van der Waals surface area contributed by atoms with Gasteiger partial charge in [0.05, 0.1) is 18.3 Å². The molecule has 0 saturated heterocycles. The maximum atomic E-state index is 11.5. The molecule has 0 aliphatic heterocycles. The van der Waals surface area contributed by atoms with Crippen molar-refractivity contribution in [3.05, 3.63) is 18.0 Å². The van der Waals surface area contributed by atoms with E-state index in [2.05, 4.69) is 11.0 Å². The van der Waals surface area contributed by atoms with Crippen LogP contribution in [-0.4, -0.2) is 34.2 Å². The number of aryl methyl sites for hydroxylation is 1. The summed E-state index contributed by atoms with van der Waals surface area (Å²) in [5, 5.41) is 3.90. The fourth-order valence-electron chi connectivity index (χ4n) is 0.961. The van der Waals surface area contributed by atoms with Crippen molar-refractivity contribution in [2.24, 2.45) is 7.05 Å². The first kappa shape index (κ1) is 9.33. The van der Waals surface area contributed by atoms with Crippen LogP contribution in [-0.2, 0) is 7.05 Å². The second-order valence-electron chi connectivity index (χ2n) is 2.77. The SMILES string of the molecule is C#CCN(C)C(=O)c1cnn(C)c1. The molecule has 0 radical (unpaired) electrons. The van der Waals surface area contributed by atoms with Gasteiger partial charge < -0.3 is 4.90 Å². The van der Waals surface area contributed by atoms with Crippen LogP contribution in [0.5, 0.6) is 0 Å². The molecule has 0 aromatic carbocycles. The van der Waals surface area contributed by atoms with Crippen LogP contribution in [0.15, 0.2) is 12.4 Å². The van der Waals surface area contributed by atoms with E-state index in [0.29, 0.717) is 12.1 Å². The molecule has 1 amide bonds. The Morgan fingerprint density at radius 1 is 1.85 bits per heavy atom. The number of rotatable bonds is 2. The van der Waals surface area contributed by atoms with Gasteiger partial charge in [-0.05, 0) is 0 Å². The molecule has 0 atom stereocenters. The molecule has 1 aromatic rings. The largest absolute Gasteiger partial charge is 0.330 e. The van der Waals surface area contributed by atoms with Crippen molar-refractivity contribution in [2.75, 3.05) is 13.6 Å². The normalized spacial score (nSPS) is 9.31. The van der Waals surface area contributed by atoms with Crippen molar-refractivity contribution in [1.29, 1.82) is 0 Å². The third-order valence-corrected chi connectivity index (χ3v) is 1.63. The highest BCUT2D eigenvalue weighted by Gasteiger charge is 2.11. The van der Waals surface area contributed by atoms with Gasteiger partial charge in [-0.25, -0.2) is 0 Å². The zero-order valence-corrected chi connectivity index (χ0v) is 7.69. The average molecular weight is 177 g/mol. The zero-order chi connectivity index (χ0) is 9.84. The van der Waals surface area contributed by atoms with E-state index in [1.54, 1.807) is 25.0 Å². The van der Waals surface area contributed by atoms with Crippen LogP contribution in [0.1, 0.15) is 10.4 Å². The number of amides is 1. The smallest absolute Gasteiger partial charge is 0.257 e. The van der Waals surface area contributed by atoms with E-state index in [1.807, 2.05) is 0 Å². The molecule has 0 unspecified atom stereocenters. The minimum Gasteiger partial charge on any atom is -0.330 e. The third kappa shape index (κ3) is 2.09. The molecule has 4 nitrogen and oxygen atoms in total. The van der Waals surface area contributed by atoms with Gasteiger partial charge in [0.1, 0.15) is 0 Å². The van der Waals surface area contributed by atoms with Crippen LogP contribution >= 0.6 is 0 Å². The Kier molecular flexibility index (Phi) is 2.70. The summed E-state index contributed by atoms with van der Waals surface area (Å²) in [4.78, 5) is 13.0. The lowest BCUT2D eigenvalue weighted by Gasteiger charge is -2.11. The molecule has 13 heavy (non-hydrogen) atoms. The monoisotopic (exact) mass is 177 g/mol. The van der Waals surface area contributed by atoms with E-state index in [1.165, 1.54) is 11.1 Å². The minimum absolute atomic E-state index is 0.106. The van der Waals surface area contributed by atoms with Crippen LogP contribution in [0.2, 0.25) is 0 Å². The molecule has 0 saturated carbocycles. The van der Waals surface area contributed by atoms with Gasteiger partial charge in [-0.1, -0.05) is 5.92 Å². The lowest BCUT2D eigenvalue weighted by atomic mass is 10.3. The highest BCUT2D eigenvalue weighted by Crippen LogP contribution is 2.00. The van der Waals surface area contributed by atoms with Crippen LogP contribution in [0, 0.1) is 12.3 Å². The summed E-state index contributed by atoms with van der Waals surface area (Å²) in [5.74, 6) is 2.30. The second kappa shape index (κ2) is 3.76. The summed E-state index contributed by atoms with van der Waals surface area (Å²) in [6.07, 6.45) is 8.27. The number of aromatic nitrogens is 2. The molecule has 4 heteroatoms. The fourth-order valence-corrected chi connectivity index (χ4v) is 0.961. The van der Waals surface area contributed by atoms with Crippen molar-refractivity contribution >= 4 is 5.91 Å². The van der Waals surface area contributed by atoms with Gasteiger partial charge in [0.15, 0.2) is 0 Å². The van der Waals surface area contributed by atoms with Gasteiger partial charge in [-0.15, -0.1) is 6.42 Å². The van der Waals surface area contributed by atoms with Gasteiger partial charge in [-0.2, -0.15) is 5.10 Å². The van der Waals surface area contributed by atoms with E-state index in [0.717, 1.165) is 0 Å². The fraction of sp³-hybridized carbons (Fsp3) is 0.333. The highest BCUT2D eigenvalue weighted by atomic mass is 16.2. The summed E-state index contributed by atoms with van der Waals surface area (Å²) in [7, 11) is 3.42. The Balaban J connectivity index is 2.74. The van der Waals surface area contributed by atoms with Crippen LogP contribution in [0.4, 0.5) is 0 Å². The standard InChI is InChI=1S/C9H11N3O/c1-4-5-11(2)9(13)8-6-10-12(3)7-8/h1,6-7H,5H2,2-3H3. The molecule has 68 valence electrons. The molecule has 0 spiro atoms. The van der Waals surface area contributed by atoms with Crippen molar-refractivity contribution in [2.45, 2.75) is 0 Å². The number of carbonyl (C=O) groups excluding carboxylic acids is 1. The van der Waals surface area contributed by atoms with Crippen LogP contribution < -0.4 is 0 Å². The van der Waals surface area contributed by atoms with E-state index >= 15 is 0 Å². The lowest BCUT2D eigenvalue weighted by Crippen LogP contribution is -2.26. The number of terminal acetylenes is 1. The Morgan fingerprint density at radius 3 is 3.00 bits per heavy atom. The Hall–Kier alpha value is -1.76. The molecule has 1 heterocycles. The average Bonchev–Trinajstić information content (AvgIpc) is 2.51. The maximum absolute atomic E-state index is 11.5. The van der Waals surface area contributed by atoms with Crippen LogP contribution in [0.25, 0.3) is 0 Å². The van der Waals surface area contributed by atoms with Crippen molar-refractivity contribution in [3.8, 4) is 12.3 Å². The highest BCUT2D eigenvalue weighted by molar-refractivity contribution is 5.93. The van der Waals surface area contributed by atoms with E-state index in [9.17, 15) is 4.79 Å². The number of nitrogens with zero attached hydrogens (tertiary/aromatic N) is 3. The molecule has 0 fully saturated rings. The molecular weight excluding hydrogens is 166 g/mol. The maximum Gasteiger partial charge on any atom is 0.257 e. The van der Waals surface area contributed by atoms with Crippen molar-refractivity contribution in [1.82, 2.24) is 14.7 Å². The minimum atomic E-state index is -0.106. The van der Waals surface area contributed by atoms with Crippen molar-refractivity contribution < 1.29 is 4.79 Å². The first-order valence-electron chi connectivity index (χ1n) is 3.82. The molecule has 0 aliphatic rings. The zero-order valence-electron chi connectivity index (χ0n) is 7.69. The Labute approximate surface area is 77.1 Å². The first-order valence-corrected chi connectivity index (χ1v) is 3.82. The predicted octanol–water partition coefficient (Wildman–Crippen LogP) is 0.125. The van der Waals surface area contributed by atoms with E-state index in [4.69, 9.17) is 6.42 Å². The quantitative estimate of drug-likeness (QED) is 0.602. The first-order chi connectivity index (χ1) is 6.15. The third-order valence-electron chi connectivity index (χ3n) is 1.63. The van der Waals surface area contributed by atoms with Crippen molar-refractivity contribution in [3.63, 3.8) is 0 Å².